The maximum Gasteiger partial charge on any atom is 0.253 e. The van der Waals surface area contributed by atoms with E-state index < -0.39 is 0 Å². The summed E-state index contributed by atoms with van der Waals surface area (Å²) < 4.78 is 5.47. The summed E-state index contributed by atoms with van der Waals surface area (Å²) in [6, 6.07) is 7.84. The molecule has 1 aliphatic heterocycles. The van der Waals surface area contributed by atoms with Gasteiger partial charge in [-0.15, -0.1) is 0 Å². The van der Waals surface area contributed by atoms with Crippen molar-refractivity contribution in [3.8, 4) is 0 Å². The molecule has 132 valence electrons. The molecule has 2 aliphatic rings. The van der Waals surface area contributed by atoms with Crippen LogP contribution in [0.5, 0.6) is 0 Å². The number of carbonyl (C=O) groups excluding carboxylic acids is 1. The van der Waals surface area contributed by atoms with Crippen LogP contribution in [-0.4, -0.2) is 34.0 Å². The maximum atomic E-state index is 13.0. The Morgan fingerprint density at radius 2 is 2.24 bits per heavy atom. The van der Waals surface area contributed by atoms with Crippen molar-refractivity contribution in [3.63, 3.8) is 0 Å². The van der Waals surface area contributed by atoms with E-state index in [1.54, 1.807) is 0 Å². The number of rotatable bonds is 3. The summed E-state index contributed by atoms with van der Waals surface area (Å²) in [5, 5.41) is 4.31. The van der Waals surface area contributed by atoms with Crippen LogP contribution in [-0.2, 0) is 5.41 Å². The highest BCUT2D eigenvalue weighted by Crippen LogP contribution is 2.49. The van der Waals surface area contributed by atoms with Crippen molar-refractivity contribution in [3.05, 3.63) is 47.1 Å². The van der Waals surface area contributed by atoms with Crippen molar-refractivity contribution in [2.24, 2.45) is 5.92 Å². The van der Waals surface area contributed by atoms with Gasteiger partial charge in [-0.05, 0) is 37.8 Å². The molecule has 0 bridgehead atoms. The lowest BCUT2D eigenvalue weighted by atomic mass is 9.80. The van der Waals surface area contributed by atoms with Gasteiger partial charge in [-0.25, -0.2) is 0 Å². The molecule has 0 spiro atoms. The van der Waals surface area contributed by atoms with Gasteiger partial charge in [0.15, 0.2) is 5.82 Å². The highest BCUT2D eigenvalue weighted by molar-refractivity contribution is 5.94. The SMILES string of the molecule is Cc1cccc(C(=O)N2C[C@H]3CCC[C@@]3(c3noc(C(C)C)n3)C2)c1. The molecule has 1 saturated heterocycles. The molecular formula is C20H25N3O2. The molecule has 2 heterocycles. The zero-order valence-electron chi connectivity index (χ0n) is 15.2. The van der Waals surface area contributed by atoms with Crippen LogP contribution in [0.25, 0.3) is 0 Å². The second-order valence-corrected chi connectivity index (χ2v) is 7.91. The lowest BCUT2D eigenvalue weighted by Gasteiger charge is -2.24. The third-order valence-electron chi connectivity index (χ3n) is 5.80. The quantitative estimate of drug-likeness (QED) is 0.855. The maximum absolute atomic E-state index is 13.0. The van der Waals surface area contributed by atoms with E-state index in [1.807, 2.05) is 36.1 Å². The van der Waals surface area contributed by atoms with Gasteiger partial charge < -0.3 is 9.42 Å². The number of benzene rings is 1. The minimum Gasteiger partial charge on any atom is -0.339 e. The molecule has 1 saturated carbocycles. The standard InChI is InChI=1S/C20H25N3O2/c1-13(2)17-21-19(22-25-17)20-9-5-8-16(20)11-23(12-20)18(24)15-7-4-6-14(3)10-15/h4,6-7,10,13,16H,5,8-9,11-12H2,1-3H3/t16-,20-/m1/s1. The van der Waals surface area contributed by atoms with Crippen molar-refractivity contribution in [2.45, 2.75) is 51.4 Å². The molecule has 1 aliphatic carbocycles. The van der Waals surface area contributed by atoms with Crippen LogP contribution in [0.4, 0.5) is 0 Å². The smallest absolute Gasteiger partial charge is 0.253 e. The minimum absolute atomic E-state index is 0.116. The van der Waals surface area contributed by atoms with Gasteiger partial charge in [0.05, 0.1) is 5.41 Å². The predicted octanol–water partition coefficient (Wildman–Crippen LogP) is 3.70. The van der Waals surface area contributed by atoms with E-state index in [0.717, 1.165) is 36.3 Å². The molecule has 0 unspecified atom stereocenters. The lowest BCUT2D eigenvalue weighted by molar-refractivity contribution is 0.0777. The number of nitrogens with zero attached hydrogens (tertiary/aromatic N) is 3. The first-order chi connectivity index (χ1) is 12.0. The van der Waals surface area contributed by atoms with Gasteiger partial charge in [-0.1, -0.05) is 43.1 Å². The first-order valence-corrected chi connectivity index (χ1v) is 9.19. The zero-order valence-corrected chi connectivity index (χ0v) is 15.2. The van der Waals surface area contributed by atoms with E-state index in [1.165, 1.54) is 6.42 Å². The fourth-order valence-electron chi connectivity index (χ4n) is 4.44. The largest absolute Gasteiger partial charge is 0.339 e. The normalized spacial score (nSPS) is 25.6. The Morgan fingerprint density at radius 1 is 1.40 bits per heavy atom. The summed E-state index contributed by atoms with van der Waals surface area (Å²) in [5.74, 6) is 2.27. The van der Waals surface area contributed by atoms with E-state index in [-0.39, 0.29) is 17.2 Å². The van der Waals surface area contributed by atoms with Crippen molar-refractivity contribution in [1.82, 2.24) is 15.0 Å². The molecule has 25 heavy (non-hydrogen) atoms. The third kappa shape index (κ3) is 2.66. The van der Waals surface area contributed by atoms with E-state index in [2.05, 4.69) is 19.0 Å². The average Bonchev–Trinajstić information content (AvgIpc) is 3.27. The van der Waals surface area contributed by atoms with Crippen molar-refractivity contribution in [1.29, 1.82) is 0 Å². The summed E-state index contributed by atoms with van der Waals surface area (Å²) >= 11 is 0. The summed E-state index contributed by atoms with van der Waals surface area (Å²) in [7, 11) is 0. The first-order valence-electron chi connectivity index (χ1n) is 9.19. The van der Waals surface area contributed by atoms with Crippen LogP contribution >= 0.6 is 0 Å². The molecular weight excluding hydrogens is 314 g/mol. The Morgan fingerprint density at radius 3 is 2.96 bits per heavy atom. The average molecular weight is 339 g/mol. The van der Waals surface area contributed by atoms with Crippen molar-refractivity contribution >= 4 is 5.91 Å². The monoisotopic (exact) mass is 339 g/mol. The Bertz CT molecular complexity index is 798. The molecule has 2 fully saturated rings. The number of carbonyl (C=O) groups is 1. The molecule has 0 radical (unpaired) electrons. The highest BCUT2D eigenvalue weighted by atomic mass is 16.5. The van der Waals surface area contributed by atoms with E-state index >= 15 is 0 Å². The second kappa shape index (κ2) is 5.97. The Balaban J connectivity index is 1.62. The van der Waals surface area contributed by atoms with E-state index in [9.17, 15) is 4.79 Å². The molecule has 2 aromatic rings. The van der Waals surface area contributed by atoms with Gasteiger partial charge in [0.1, 0.15) is 0 Å². The minimum atomic E-state index is -0.129. The fraction of sp³-hybridized carbons (Fsp3) is 0.550. The van der Waals surface area contributed by atoms with Gasteiger partial charge in [-0.2, -0.15) is 4.98 Å². The van der Waals surface area contributed by atoms with Crippen molar-refractivity contribution in [2.75, 3.05) is 13.1 Å². The molecule has 1 amide bonds. The number of fused-ring (bicyclic) bond motifs is 1. The van der Waals surface area contributed by atoms with Crippen molar-refractivity contribution < 1.29 is 9.32 Å². The van der Waals surface area contributed by atoms with E-state index in [0.29, 0.717) is 18.4 Å². The Labute approximate surface area is 148 Å². The lowest BCUT2D eigenvalue weighted by Crippen LogP contribution is -2.35. The summed E-state index contributed by atoms with van der Waals surface area (Å²) in [5.41, 5.74) is 1.75. The van der Waals surface area contributed by atoms with Crippen LogP contribution in [0, 0.1) is 12.8 Å². The van der Waals surface area contributed by atoms with Crippen LogP contribution < -0.4 is 0 Å². The second-order valence-electron chi connectivity index (χ2n) is 7.91. The molecule has 1 aromatic heterocycles. The number of aromatic nitrogens is 2. The highest BCUT2D eigenvalue weighted by Gasteiger charge is 2.54. The van der Waals surface area contributed by atoms with Crippen LogP contribution in [0.1, 0.15) is 66.7 Å². The van der Waals surface area contributed by atoms with Gasteiger partial charge in [0, 0.05) is 24.6 Å². The summed E-state index contributed by atoms with van der Waals surface area (Å²) in [6.45, 7) is 7.62. The summed E-state index contributed by atoms with van der Waals surface area (Å²) in [6.07, 6.45) is 3.33. The van der Waals surface area contributed by atoms with Crippen LogP contribution in [0.2, 0.25) is 0 Å². The number of aryl methyl sites for hydroxylation is 1. The molecule has 4 rings (SSSR count). The number of likely N-dealkylation sites (tertiary alicyclic amines) is 1. The molecule has 1 aromatic carbocycles. The third-order valence-corrected chi connectivity index (χ3v) is 5.80. The fourth-order valence-corrected chi connectivity index (χ4v) is 4.44. The Hall–Kier alpha value is -2.17. The predicted molar refractivity (Wildman–Crippen MR) is 94.5 cm³/mol. The van der Waals surface area contributed by atoms with Gasteiger partial charge >= 0.3 is 0 Å². The van der Waals surface area contributed by atoms with Gasteiger partial charge in [-0.3, -0.25) is 4.79 Å². The Kier molecular flexibility index (Phi) is 3.89. The number of hydrogen-bond acceptors (Lipinski definition) is 4. The zero-order chi connectivity index (χ0) is 17.6. The van der Waals surface area contributed by atoms with Crippen LogP contribution in [0.15, 0.2) is 28.8 Å². The first kappa shape index (κ1) is 16.3. The molecule has 2 atom stereocenters. The summed E-state index contributed by atoms with van der Waals surface area (Å²) in [4.78, 5) is 19.7. The number of amides is 1. The molecule has 5 nitrogen and oxygen atoms in total. The molecule has 5 heteroatoms. The van der Waals surface area contributed by atoms with Gasteiger partial charge in [0.25, 0.3) is 5.91 Å². The molecule has 0 N–H and O–H groups in total. The van der Waals surface area contributed by atoms with Crippen LogP contribution in [0.3, 0.4) is 0 Å². The number of hydrogen-bond donors (Lipinski definition) is 0. The van der Waals surface area contributed by atoms with E-state index in [4.69, 9.17) is 9.51 Å². The van der Waals surface area contributed by atoms with Gasteiger partial charge in [0.2, 0.25) is 5.89 Å². The topological polar surface area (TPSA) is 59.2 Å².